The molecule has 1 aromatic carbocycles. The lowest BCUT2D eigenvalue weighted by atomic mass is 10.1. The van der Waals surface area contributed by atoms with E-state index in [1.807, 2.05) is 19.1 Å². The van der Waals surface area contributed by atoms with Crippen molar-refractivity contribution in [1.82, 2.24) is 0 Å². The number of nitrogens with two attached hydrogens (primary N) is 1. The zero-order valence-corrected chi connectivity index (χ0v) is 12.1. The molecular formula is C12H10Cl3NS. The number of hydrogen-bond acceptors (Lipinski definition) is 2. The minimum Gasteiger partial charge on any atom is -0.320 e. The summed E-state index contributed by atoms with van der Waals surface area (Å²) in [7, 11) is 0. The van der Waals surface area contributed by atoms with Gasteiger partial charge >= 0.3 is 0 Å². The van der Waals surface area contributed by atoms with E-state index in [1.54, 1.807) is 12.1 Å². The predicted octanol–water partition coefficient (Wildman–Crippen LogP) is 5.06. The van der Waals surface area contributed by atoms with Crippen LogP contribution in [0, 0.1) is 6.92 Å². The Hall–Kier alpha value is -0.250. The summed E-state index contributed by atoms with van der Waals surface area (Å²) in [5, 5.41) is 1.18. The van der Waals surface area contributed by atoms with Gasteiger partial charge in [0.05, 0.1) is 10.4 Å². The van der Waals surface area contributed by atoms with Crippen LogP contribution in [0.4, 0.5) is 0 Å². The third-order valence-electron chi connectivity index (χ3n) is 2.48. The van der Waals surface area contributed by atoms with Gasteiger partial charge in [-0.2, -0.15) is 0 Å². The Labute approximate surface area is 119 Å². The molecule has 2 N–H and O–H groups in total. The van der Waals surface area contributed by atoms with Crippen LogP contribution in [0.25, 0.3) is 0 Å². The van der Waals surface area contributed by atoms with Gasteiger partial charge in [0.15, 0.2) is 0 Å². The van der Waals surface area contributed by atoms with Crippen molar-refractivity contribution >= 4 is 46.1 Å². The second kappa shape index (κ2) is 5.17. The summed E-state index contributed by atoms with van der Waals surface area (Å²) in [4.78, 5) is 0.997. The standard InChI is InChI=1S/C12H10Cl3NS/c1-6-4-10(17-12(6)15)11(16)8-3-2-7(13)5-9(8)14/h2-5,11H,16H2,1H3. The van der Waals surface area contributed by atoms with Crippen molar-refractivity contribution in [1.29, 1.82) is 0 Å². The Bertz CT molecular complexity index is 531. The third kappa shape index (κ3) is 2.78. The average molecular weight is 307 g/mol. The molecule has 1 heterocycles. The fraction of sp³-hybridized carbons (Fsp3) is 0.167. The van der Waals surface area contributed by atoms with Crippen LogP contribution < -0.4 is 5.73 Å². The molecule has 0 saturated heterocycles. The molecule has 1 unspecified atom stereocenters. The number of halogens is 3. The molecule has 2 rings (SSSR count). The molecule has 0 saturated carbocycles. The first-order valence-corrected chi connectivity index (χ1v) is 6.90. The van der Waals surface area contributed by atoms with Crippen molar-refractivity contribution < 1.29 is 0 Å². The first kappa shape index (κ1) is 13.2. The maximum atomic E-state index is 6.17. The van der Waals surface area contributed by atoms with Crippen molar-refractivity contribution in [2.24, 2.45) is 5.73 Å². The molecule has 0 bridgehead atoms. The van der Waals surface area contributed by atoms with E-state index in [1.165, 1.54) is 11.3 Å². The lowest BCUT2D eigenvalue weighted by Crippen LogP contribution is -2.10. The normalized spacial score (nSPS) is 12.8. The number of aryl methyl sites for hydroxylation is 1. The second-order valence-electron chi connectivity index (χ2n) is 3.75. The first-order chi connectivity index (χ1) is 7.99. The maximum absolute atomic E-state index is 6.17. The lowest BCUT2D eigenvalue weighted by Gasteiger charge is -2.12. The Kier molecular flexibility index (Phi) is 4.01. The second-order valence-corrected chi connectivity index (χ2v) is 6.28. The Morgan fingerprint density at radius 2 is 1.88 bits per heavy atom. The summed E-state index contributed by atoms with van der Waals surface area (Å²) in [5.74, 6) is 0. The van der Waals surface area contributed by atoms with Crippen LogP contribution in [0.3, 0.4) is 0 Å². The van der Waals surface area contributed by atoms with Crippen LogP contribution in [0.5, 0.6) is 0 Å². The molecular weight excluding hydrogens is 297 g/mol. The molecule has 0 amide bonds. The number of hydrogen-bond donors (Lipinski definition) is 1. The molecule has 0 radical (unpaired) electrons. The molecule has 0 spiro atoms. The molecule has 5 heteroatoms. The average Bonchev–Trinajstić information content (AvgIpc) is 2.58. The molecule has 1 aromatic heterocycles. The van der Waals surface area contributed by atoms with E-state index in [-0.39, 0.29) is 6.04 Å². The van der Waals surface area contributed by atoms with Crippen molar-refractivity contribution in [2.45, 2.75) is 13.0 Å². The molecule has 90 valence electrons. The molecule has 2 aromatic rings. The molecule has 0 aliphatic carbocycles. The van der Waals surface area contributed by atoms with Gasteiger partial charge in [-0.3, -0.25) is 0 Å². The van der Waals surface area contributed by atoms with Gasteiger partial charge in [0.1, 0.15) is 0 Å². The maximum Gasteiger partial charge on any atom is 0.0961 e. The molecule has 0 aliphatic heterocycles. The Balaban J connectivity index is 2.39. The summed E-state index contributed by atoms with van der Waals surface area (Å²) in [5.41, 5.74) is 8.06. The van der Waals surface area contributed by atoms with E-state index in [9.17, 15) is 0 Å². The summed E-state index contributed by atoms with van der Waals surface area (Å²) < 4.78 is 0.764. The van der Waals surface area contributed by atoms with Crippen molar-refractivity contribution in [3.8, 4) is 0 Å². The van der Waals surface area contributed by atoms with Gasteiger partial charge in [0.25, 0.3) is 0 Å². The molecule has 0 aliphatic rings. The van der Waals surface area contributed by atoms with Crippen molar-refractivity contribution in [3.05, 3.63) is 54.7 Å². The zero-order chi connectivity index (χ0) is 12.6. The van der Waals surface area contributed by atoms with E-state index >= 15 is 0 Å². The fourth-order valence-corrected chi connectivity index (χ4v) is 3.31. The summed E-state index contributed by atoms with van der Waals surface area (Å²) in [6.45, 7) is 1.96. The number of benzene rings is 1. The van der Waals surface area contributed by atoms with Gasteiger partial charge in [0.2, 0.25) is 0 Å². The van der Waals surface area contributed by atoms with Crippen LogP contribution >= 0.6 is 46.1 Å². The highest BCUT2D eigenvalue weighted by Gasteiger charge is 2.16. The monoisotopic (exact) mass is 305 g/mol. The van der Waals surface area contributed by atoms with Gasteiger partial charge in [-0.05, 0) is 36.2 Å². The number of thiophene rings is 1. The third-order valence-corrected chi connectivity index (χ3v) is 4.68. The van der Waals surface area contributed by atoms with Gasteiger partial charge in [-0.15, -0.1) is 11.3 Å². The van der Waals surface area contributed by atoms with Gasteiger partial charge in [-0.1, -0.05) is 40.9 Å². The van der Waals surface area contributed by atoms with E-state index in [0.717, 1.165) is 20.3 Å². The SMILES string of the molecule is Cc1cc(C(N)c2ccc(Cl)cc2Cl)sc1Cl. The van der Waals surface area contributed by atoms with E-state index in [4.69, 9.17) is 40.5 Å². The van der Waals surface area contributed by atoms with E-state index in [0.29, 0.717) is 10.0 Å². The van der Waals surface area contributed by atoms with Gasteiger partial charge in [0, 0.05) is 14.9 Å². The fourth-order valence-electron chi connectivity index (χ4n) is 1.54. The highest BCUT2D eigenvalue weighted by atomic mass is 35.5. The van der Waals surface area contributed by atoms with Crippen LogP contribution in [0.1, 0.15) is 22.0 Å². The highest BCUT2D eigenvalue weighted by molar-refractivity contribution is 7.16. The van der Waals surface area contributed by atoms with Crippen LogP contribution in [-0.2, 0) is 0 Å². The minimum absolute atomic E-state index is 0.268. The largest absolute Gasteiger partial charge is 0.320 e. The summed E-state index contributed by atoms with van der Waals surface area (Å²) >= 11 is 19.5. The zero-order valence-electron chi connectivity index (χ0n) is 9.01. The molecule has 17 heavy (non-hydrogen) atoms. The molecule has 0 fully saturated rings. The Morgan fingerprint density at radius 3 is 2.41 bits per heavy atom. The van der Waals surface area contributed by atoms with Gasteiger partial charge < -0.3 is 5.73 Å². The molecule has 1 nitrogen and oxygen atoms in total. The van der Waals surface area contributed by atoms with Crippen LogP contribution in [0.2, 0.25) is 14.4 Å². The van der Waals surface area contributed by atoms with Crippen molar-refractivity contribution in [2.75, 3.05) is 0 Å². The predicted molar refractivity (Wildman–Crippen MR) is 76.6 cm³/mol. The quantitative estimate of drug-likeness (QED) is 0.824. The van der Waals surface area contributed by atoms with Crippen LogP contribution in [-0.4, -0.2) is 0 Å². The summed E-state index contributed by atoms with van der Waals surface area (Å²) in [6.07, 6.45) is 0. The summed E-state index contributed by atoms with van der Waals surface area (Å²) in [6, 6.07) is 7.04. The van der Waals surface area contributed by atoms with E-state index in [2.05, 4.69) is 0 Å². The minimum atomic E-state index is -0.268. The number of rotatable bonds is 2. The topological polar surface area (TPSA) is 26.0 Å². The highest BCUT2D eigenvalue weighted by Crippen LogP contribution is 2.35. The van der Waals surface area contributed by atoms with Crippen molar-refractivity contribution in [3.63, 3.8) is 0 Å². The van der Waals surface area contributed by atoms with Gasteiger partial charge in [-0.25, -0.2) is 0 Å². The molecule has 1 atom stereocenters. The van der Waals surface area contributed by atoms with E-state index < -0.39 is 0 Å². The first-order valence-electron chi connectivity index (χ1n) is 4.95. The lowest BCUT2D eigenvalue weighted by molar-refractivity contribution is 0.893. The Morgan fingerprint density at radius 1 is 1.18 bits per heavy atom. The smallest absolute Gasteiger partial charge is 0.0961 e. The van der Waals surface area contributed by atoms with Crippen LogP contribution in [0.15, 0.2) is 24.3 Å².